The van der Waals surface area contributed by atoms with Crippen LogP contribution in [0.5, 0.6) is 11.5 Å². The van der Waals surface area contributed by atoms with Crippen molar-refractivity contribution in [3.05, 3.63) is 47.5 Å². The molecule has 0 bridgehead atoms. The second-order valence-corrected chi connectivity index (χ2v) is 6.24. The number of hydrogen-bond donors (Lipinski definition) is 0. The van der Waals surface area contributed by atoms with E-state index < -0.39 is 0 Å². The largest absolute Gasteiger partial charge is 0.454 e. The van der Waals surface area contributed by atoms with Crippen molar-refractivity contribution in [2.45, 2.75) is 26.2 Å². The molecule has 0 saturated carbocycles. The molecule has 1 heterocycles. The summed E-state index contributed by atoms with van der Waals surface area (Å²) in [6.07, 6.45) is 0.856. The number of carbonyl (C=O) groups is 1. The maximum absolute atomic E-state index is 11.3. The molecule has 3 heteroatoms. The molecule has 1 aliphatic heterocycles. The van der Waals surface area contributed by atoms with E-state index in [1.807, 2.05) is 18.2 Å². The zero-order valence-electron chi connectivity index (χ0n) is 12.5. The van der Waals surface area contributed by atoms with Crippen LogP contribution in [-0.4, -0.2) is 13.1 Å². The first-order chi connectivity index (χ1) is 9.99. The molecule has 0 radical (unpaired) electrons. The van der Waals surface area contributed by atoms with E-state index >= 15 is 0 Å². The molecule has 0 amide bonds. The highest BCUT2D eigenvalue weighted by atomic mass is 16.7. The molecule has 1 aliphatic rings. The predicted molar refractivity (Wildman–Crippen MR) is 82.1 cm³/mol. The Morgan fingerprint density at radius 3 is 2.19 bits per heavy atom. The van der Waals surface area contributed by atoms with Gasteiger partial charge in [-0.2, -0.15) is 0 Å². The lowest BCUT2D eigenvalue weighted by molar-refractivity contribution is 0.112. The zero-order chi connectivity index (χ0) is 15.0. The number of aldehydes is 1. The van der Waals surface area contributed by atoms with Gasteiger partial charge >= 0.3 is 0 Å². The monoisotopic (exact) mass is 282 g/mol. The minimum atomic E-state index is 0.112. The molecule has 0 atom stereocenters. The molecule has 0 saturated heterocycles. The topological polar surface area (TPSA) is 35.5 Å². The van der Waals surface area contributed by atoms with E-state index in [0.717, 1.165) is 17.4 Å². The Morgan fingerprint density at radius 2 is 1.62 bits per heavy atom. The van der Waals surface area contributed by atoms with Crippen LogP contribution in [0.25, 0.3) is 11.1 Å². The molecule has 3 nitrogen and oxygen atoms in total. The van der Waals surface area contributed by atoms with Crippen LogP contribution >= 0.6 is 0 Å². The van der Waals surface area contributed by atoms with Gasteiger partial charge in [0.05, 0.1) is 0 Å². The molecule has 0 aliphatic carbocycles. The van der Waals surface area contributed by atoms with Gasteiger partial charge < -0.3 is 9.47 Å². The smallest absolute Gasteiger partial charge is 0.231 e. The molecule has 108 valence electrons. The minimum Gasteiger partial charge on any atom is -0.454 e. The Kier molecular flexibility index (Phi) is 3.20. The maximum atomic E-state index is 11.3. The van der Waals surface area contributed by atoms with E-state index in [0.29, 0.717) is 17.1 Å². The van der Waals surface area contributed by atoms with Gasteiger partial charge in [-0.15, -0.1) is 0 Å². The Balaban J connectivity index is 2.06. The fraction of sp³-hybridized carbons (Fsp3) is 0.278. The van der Waals surface area contributed by atoms with Crippen molar-refractivity contribution in [1.82, 2.24) is 0 Å². The summed E-state index contributed by atoms with van der Waals surface area (Å²) in [5.74, 6) is 1.32. The van der Waals surface area contributed by atoms with Crippen LogP contribution in [0.15, 0.2) is 36.4 Å². The van der Waals surface area contributed by atoms with E-state index in [1.165, 1.54) is 5.56 Å². The Bertz CT molecular complexity index is 679. The van der Waals surface area contributed by atoms with E-state index in [2.05, 4.69) is 32.9 Å². The summed E-state index contributed by atoms with van der Waals surface area (Å²) in [6.45, 7) is 6.75. The maximum Gasteiger partial charge on any atom is 0.231 e. The number of carbonyl (C=O) groups excluding carboxylic acids is 1. The van der Waals surface area contributed by atoms with Gasteiger partial charge in [0.25, 0.3) is 0 Å². The third kappa shape index (κ3) is 2.51. The third-order valence-electron chi connectivity index (χ3n) is 3.73. The van der Waals surface area contributed by atoms with Crippen molar-refractivity contribution in [3.8, 4) is 22.6 Å². The second-order valence-electron chi connectivity index (χ2n) is 6.24. The van der Waals surface area contributed by atoms with Crippen molar-refractivity contribution >= 4 is 6.29 Å². The van der Waals surface area contributed by atoms with Crippen molar-refractivity contribution in [2.75, 3.05) is 6.79 Å². The molecule has 0 N–H and O–H groups in total. The average molecular weight is 282 g/mol. The van der Waals surface area contributed by atoms with Crippen molar-refractivity contribution in [3.63, 3.8) is 0 Å². The molecular formula is C18H18O3. The highest BCUT2D eigenvalue weighted by Gasteiger charge is 2.18. The normalized spacial score (nSPS) is 13.3. The van der Waals surface area contributed by atoms with Gasteiger partial charge in [-0.05, 0) is 34.2 Å². The van der Waals surface area contributed by atoms with Gasteiger partial charge in [-0.25, -0.2) is 0 Å². The molecule has 21 heavy (non-hydrogen) atoms. The van der Waals surface area contributed by atoms with Crippen molar-refractivity contribution in [2.24, 2.45) is 0 Å². The summed E-state index contributed by atoms with van der Waals surface area (Å²) in [5.41, 5.74) is 3.86. The standard InChI is InChI=1S/C18H18O3/c1-18(2,3)14-6-4-12(5-7-14)15-9-17-16(20-11-21-17)8-13(15)10-19/h4-10H,11H2,1-3H3. The summed E-state index contributed by atoms with van der Waals surface area (Å²) in [5, 5.41) is 0. The molecular weight excluding hydrogens is 264 g/mol. The van der Waals surface area contributed by atoms with Crippen LogP contribution in [0.3, 0.4) is 0 Å². The lowest BCUT2D eigenvalue weighted by Gasteiger charge is -2.19. The van der Waals surface area contributed by atoms with Gasteiger partial charge in [-0.1, -0.05) is 45.0 Å². The molecule has 2 aromatic carbocycles. The van der Waals surface area contributed by atoms with E-state index in [-0.39, 0.29) is 12.2 Å². The highest BCUT2D eigenvalue weighted by Crippen LogP contribution is 2.38. The first-order valence-corrected chi connectivity index (χ1v) is 6.99. The van der Waals surface area contributed by atoms with Gasteiger partial charge in [0.15, 0.2) is 17.8 Å². The highest BCUT2D eigenvalue weighted by molar-refractivity contribution is 5.89. The quantitative estimate of drug-likeness (QED) is 0.775. The summed E-state index contributed by atoms with van der Waals surface area (Å²) in [6, 6.07) is 11.9. The fourth-order valence-corrected chi connectivity index (χ4v) is 2.45. The SMILES string of the molecule is CC(C)(C)c1ccc(-c2cc3c(cc2C=O)OCO3)cc1. The van der Waals surface area contributed by atoms with Crippen LogP contribution in [0, 0.1) is 0 Å². The molecule has 0 fully saturated rings. The molecule has 3 rings (SSSR count). The average Bonchev–Trinajstić information content (AvgIpc) is 2.92. The lowest BCUT2D eigenvalue weighted by Crippen LogP contribution is -2.10. The second kappa shape index (κ2) is 4.92. The molecule has 0 unspecified atom stereocenters. The van der Waals surface area contributed by atoms with Crippen LogP contribution < -0.4 is 9.47 Å². The van der Waals surface area contributed by atoms with Crippen LogP contribution in [0.1, 0.15) is 36.7 Å². The third-order valence-corrected chi connectivity index (χ3v) is 3.73. The molecule has 2 aromatic rings. The first-order valence-electron chi connectivity index (χ1n) is 6.99. The van der Waals surface area contributed by atoms with Crippen LogP contribution in [-0.2, 0) is 5.41 Å². The Morgan fingerprint density at radius 1 is 1.00 bits per heavy atom. The number of ether oxygens (including phenoxy) is 2. The number of fused-ring (bicyclic) bond motifs is 1. The van der Waals surface area contributed by atoms with Gasteiger partial charge in [0.1, 0.15) is 0 Å². The number of hydrogen-bond acceptors (Lipinski definition) is 3. The fourth-order valence-electron chi connectivity index (χ4n) is 2.45. The van der Waals surface area contributed by atoms with Crippen molar-refractivity contribution < 1.29 is 14.3 Å². The summed E-state index contributed by atoms with van der Waals surface area (Å²) < 4.78 is 10.7. The molecule has 0 aromatic heterocycles. The number of benzene rings is 2. The van der Waals surface area contributed by atoms with Gasteiger partial charge in [0.2, 0.25) is 6.79 Å². The van der Waals surface area contributed by atoms with Crippen molar-refractivity contribution in [1.29, 1.82) is 0 Å². The predicted octanol–water partition coefficient (Wildman–Crippen LogP) is 4.19. The van der Waals surface area contributed by atoms with E-state index in [9.17, 15) is 4.79 Å². The Labute approximate surface area is 124 Å². The Hall–Kier alpha value is -2.29. The minimum absolute atomic E-state index is 0.112. The first kappa shape index (κ1) is 13.7. The molecule has 0 spiro atoms. The number of rotatable bonds is 2. The van der Waals surface area contributed by atoms with Crippen LogP contribution in [0.2, 0.25) is 0 Å². The summed E-state index contributed by atoms with van der Waals surface area (Å²) in [4.78, 5) is 11.3. The lowest BCUT2D eigenvalue weighted by atomic mass is 9.86. The van der Waals surface area contributed by atoms with E-state index in [1.54, 1.807) is 6.07 Å². The zero-order valence-corrected chi connectivity index (χ0v) is 12.5. The van der Waals surface area contributed by atoms with E-state index in [4.69, 9.17) is 9.47 Å². The summed E-state index contributed by atoms with van der Waals surface area (Å²) >= 11 is 0. The van der Waals surface area contributed by atoms with Gasteiger partial charge in [0, 0.05) is 5.56 Å². The van der Waals surface area contributed by atoms with Gasteiger partial charge in [-0.3, -0.25) is 4.79 Å². The van der Waals surface area contributed by atoms with Crippen LogP contribution in [0.4, 0.5) is 0 Å². The summed E-state index contributed by atoms with van der Waals surface area (Å²) in [7, 11) is 0.